The van der Waals surface area contributed by atoms with E-state index in [2.05, 4.69) is 15.5 Å². The molecule has 0 aliphatic rings. The fourth-order valence-electron chi connectivity index (χ4n) is 1.55. The summed E-state index contributed by atoms with van der Waals surface area (Å²) in [5.74, 6) is 0. The van der Waals surface area contributed by atoms with E-state index < -0.39 is 9.85 Å². The Morgan fingerprint density at radius 2 is 1.90 bits per heavy atom. The molecule has 0 aliphatic carbocycles. The third-order valence-corrected chi connectivity index (χ3v) is 3.29. The summed E-state index contributed by atoms with van der Waals surface area (Å²) < 4.78 is 0. The van der Waals surface area contributed by atoms with Crippen LogP contribution in [0, 0.1) is 27.2 Å². The topological polar surface area (TPSA) is 124 Å². The van der Waals surface area contributed by atoms with Crippen LogP contribution in [-0.2, 0) is 0 Å². The first-order chi connectivity index (χ1) is 9.99. The van der Waals surface area contributed by atoms with Gasteiger partial charge < -0.3 is 0 Å². The summed E-state index contributed by atoms with van der Waals surface area (Å²) in [5.41, 5.74) is 2.44. The van der Waals surface area contributed by atoms with E-state index in [1.54, 1.807) is 12.3 Å². The molecule has 0 bridgehead atoms. The molecule has 0 spiro atoms. The van der Waals surface area contributed by atoms with E-state index >= 15 is 0 Å². The maximum Gasteiger partial charge on any atom is 0.285 e. The van der Waals surface area contributed by atoms with Gasteiger partial charge in [-0.25, -0.2) is 4.98 Å². The van der Waals surface area contributed by atoms with Gasteiger partial charge in [-0.05, 0) is 13.0 Å². The number of hydrogen-bond acceptors (Lipinski definition) is 8. The zero-order chi connectivity index (χ0) is 15.4. The number of benzene rings is 1. The molecule has 0 atom stereocenters. The Hall–Kier alpha value is -2.88. The second-order valence-electron chi connectivity index (χ2n) is 3.89. The molecule has 0 saturated heterocycles. The van der Waals surface area contributed by atoms with Crippen molar-refractivity contribution >= 4 is 34.1 Å². The maximum atomic E-state index is 10.9. The van der Waals surface area contributed by atoms with E-state index in [1.807, 2.05) is 0 Å². The van der Waals surface area contributed by atoms with E-state index in [9.17, 15) is 20.2 Å². The number of aryl methyl sites for hydroxylation is 1. The SMILES string of the molecule is Cc1csc(NN=Cc2c([N+](=O)[O-])cccc2[N+](=O)[O-])n1. The Bertz CT molecular complexity index is 695. The molecule has 1 N–H and O–H groups in total. The van der Waals surface area contributed by atoms with Gasteiger partial charge in [0, 0.05) is 17.5 Å². The molecule has 2 rings (SSSR count). The number of rotatable bonds is 5. The van der Waals surface area contributed by atoms with Gasteiger partial charge in [0.05, 0.1) is 21.8 Å². The zero-order valence-corrected chi connectivity index (χ0v) is 11.5. The van der Waals surface area contributed by atoms with Crippen molar-refractivity contribution in [3.05, 3.63) is 55.1 Å². The Morgan fingerprint density at radius 1 is 1.29 bits per heavy atom. The average molecular weight is 307 g/mol. The van der Waals surface area contributed by atoms with Gasteiger partial charge in [-0.15, -0.1) is 11.3 Å². The number of hydrogen-bond donors (Lipinski definition) is 1. The van der Waals surface area contributed by atoms with Crippen molar-refractivity contribution in [1.29, 1.82) is 0 Å². The maximum absolute atomic E-state index is 10.9. The summed E-state index contributed by atoms with van der Waals surface area (Å²) in [6, 6.07) is 3.62. The first kappa shape index (κ1) is 14.5. The predicted molar refractivity (Wildman–Crippen MR) is 77.8 cm³/mol. The number of aromatic nitrogens is 1. The molecule has 1 aromatic heterocycles. The fourth-order valence-corrected chi connectivity index (χ4v) is 2.19. The monoisotopic (exact) mass is 307 g/mol. The highest BCUT2D eigenvalue weighted by molar-refractivity contribution is 7.13. The lowest BCUT2D eigenvalue weighted by Gasteiger charge is -1.99. The van der Waals surface area contributed by atoms with Gasteiger partial charge in [0.2, 0.25) is 5.13 Å². The quantitative estimate of drug-likeness (QED) is 0.514. The summed E-state index contributed by atoms with van der Waals surface area (Å²) >= 11 is 1.30. The third kappa shape index (κ3) is 3.36. The number of nitro groups is 2. The summed E-state index contributed by atoms with van der Waals surface area (Å²) in [7, 11) is 0. The molecule has 0 unspecified atom stereocenters. The van der Waals surface area contributed by atoms with Gasteiger partial charge >= 0.3 is 0 Å². The summed E-state index contributed by atoms with van der Waals surface area (Å²) in [5, 5.41) is 27.9. The number of nitrogens with zero attached hydrogens (tertiary/aromatic N) is 4. The predicted octanol–water partition coefficient (Wildman–Crippen LogP) is 2.71. The molecule has 1 aromatic carbocycles. The molecule has 10 heteroatoms. The lowest BCUT2D eigenvalue weighted by atomic mass is 10.1. The molecule has 1 heterocycles. The zero-order valence-electron chi connectivity index (χ0n) is 10.7. The van der Waals surface area contributed by atoms with Gasteiger partial charge in [-0.3, -0.25) is 25.7 Å². The first-order valence-electron chi connectivity index (χ1n) is 5.62. The number of nitro benzene ring substituents is 2. The number of nitrogens with one attached hydrogen (secondary N) is 1. The molecular formula is C11H9N5O4S. The van der Waals surface area contributed by atoms with Crippen molar-refractivity contribution in [2.45, 2.75) is 6.92 Å². The molecule has 2 aromatic rings. The lowest BCUT2D eigenvalue weighted by Crippen LogP contribution is -2.01. The van der Waals surface area contributed by atoms with Crippen LogP contribution < -0.4 is 5.43 Å². The molecular weight excluding hydrogens is 298 g/mol. The van der Waals surface area contributed by atoms with Gasteiger partial charge in [-0.1, -0.05) is 0 Å². The van der Waals surface area contributed by atoms with Crippen LogP contribution in [0.15, 0.2) is 28.7 Å². The van der Waals surface area contributed by atoms with Crippen LogP contribution in [0.4, 0.5) is 16.5 Å². The largest absolute Gasteiger partial charge is 0.285 e. The van der Waals surface area contributed by atoms with Gasteiger partial charge in [0.1, 0.15) is 5.56 Å². The van der Waals surface area contributed by atoms with Crippen LogP contribution in [-0.4, -0.2) is 21.0 Å². The van der Waals surface area contributed by atoms with Crippen molar-refractivity contribution in [2.24, 2.45) is 5.10 Å². The number of anilines is 1. The Balaban J connectivity index is 2.32. The molecule has 0 radical (unpaired) electrons. The Morgan fingerprint density at radius 3 is 2.38 bits per heavy atom. The van der Waals surface area contributed by atoms with E-state index in [0.29, 0.717) is 5.13 Å². The van der Waals surface area contributed by atoms with Crippen molar-refractivity contribution in [3.63, 3.8) is 0 Å². The van der Waals surface area contributed by atoms with E-state index in [0.717, 1.165) is 11.9 Å². The standard InChI is InChI=1S/C11H9N5O4S/c1-7-6-21-11(13-7)14-12-5-8-9(15(17)18)3-2-4-10(8)16(19)20/h2-6H,1H3,(H,13,14). The fraction of sp³-hybridized carbons (Fsp3) is 0.0909. The highest BCUT2D eigenvalue weighted by Gasteiger charge is 2.22. The van der Waals surface area contributed by atoms with E-state index in [1.165, 1.54) is 29.5 Å². The van der Waals surface area contributed by atoms with Crippen LogP contribution in [0.5, 0.6) is 0 Å². The van der Waals surface area contributed by atoms with Gasteiger partial charge in [-0.2, -0.15) is 5.10 Å². The Labute approximate surface area is 122 Å². The van der Waals surface area contributed by atoms with E-state index in [-0.39, 0.29) is 16.9 Å². The molecule has 9 nitrogen and oxygen atoms in total. The molecule has 0 fully saturated rings. The van der Waals surface area contributed by atoms with Crippen LogP contribution in [0.3, 0.4) is 0 Å². The van der Waals surface area contributed by atoms with Crippen molar-refractivity contribution in [1.82, 2.24) is 4.98 Å². The molecule has 0 saturated carbocycles. The second kappa shape index (κ2) is 6.05. The number of hydrazone groups is 1. The minimum absolute atomic E-state index is 0.173. The molecule has 108 valence electrons. The molecule has 21 heavy (non-hydrogen) atoms. The summed E-state index contributed by atoms with van der Waals surface area (Å²) in [6.07, 6.45) is 1.05. The van der Waals surface area contributed by atoms with Crippen molar-refractivity contribution in [3.8, 4) is 0 Å². The highest BCUT2D eigenvalue weighted by Crippen LogP contribution is 2.26. The molecule has 0 amide bonds. The van der Waals surface area contributed by atoms with Crippen LogP contribution in [0.25, 0.3) is 0 Å². The van der Waals surface area contributed by atoms with Crippen LogP contribution in [0.2, 0.25) is 0 Å². The third-order valence-electron chi connectivity index (χ3n) is 2.43. The molecule has 0 aliphatic heterocycles. The minimum Gasteiger partial charge on any atom is -0.258 e. The van der Waals surface area contributed by atoms with Gasteiger partial charge in [0.15, 0.2) is 0 Å². The average Bonchev–Trinajstić information content (AvgIpc) is 2.84. The minimum atomic E-state index is -0.693. The summed E-state index contributed by atoms with van der Waals surface area (Å²) in [4.78, 5) is 24.5. The van der Waals surface area contributed by atoms with Crippen molar-refractivity contribution in [2.75, 3.05) is 5.43 Å². The van der Waals surface area contributed by atoms with Crippen molar-refractivity contribution < 1.29 is 9.85 Å². The summed E-state index contributed by atoms with van der Waals surface area (Å²) in [6.45, 7) is 1.80. The van der Waals surface area contributed by atoms with Gasteiger partial charge in [0.25, 0.3) is 11.4 Å². The smallest absolute Gasteiger partial charge is 0.258 e. The first-order valence-corrected chi connectivity index (χ1v) is 6.50. The van der Waals surface area contributed by atoms with E-state index in [4.69, 9.17) is 0 Å². The van der Waals surface area contributed by atoms with Crippen LogP contribution in [0.1, 0.15) is 11.3 Å². The van der Waals surface area contributed by atoms with Crippen LogP contribution >= 0.6 is 11.3 Å². The normalized spacial score (nSPS) is 10.7. The lowest BCUT2D eigenvalue weighted by molar-refractivity contribution is -0.394. The highest BCUT2D eigenvalue weighted by atomic mass is 32.1. The second-order valence-corrected chi connectivity index (χ2v) is 4.75. The number of thiazole rings is 1. The Kier molecular flexibility index (Phi) is 4.18.